The van der Waals surface area contributed by atoms with Gasteiger partial charge in [0.15, 0.2) is 0 Å². The van der Waals surface area contributed by atoms with Crippen LogP contribution in [0, 0.1) is 5.41 Å². The summed E-state index contributed by atoms with van der Waals surface area (Å²) in [6.07, 6.45) is 0.499. The van der Waals surface area contributed by atoms with Gasteiger partial charge in [-0.25, -0.2) is 0 Å². The first-order chi connectivity index (χ1) is 8.32. The van der Waals surface area contributed by atoms with Crippen LogP contribution in [0.3, 0.4) is 0 Å². The summed E-state index contributed by atoms with van der Waals surface area (Å²) in [6.45, 7) is 11.5. The average molecular weight is 261 g/mol. The van der Waals surface area contributed by atoms with Gasteiger partial charge in [-0.3, -0.25) is 4.90 Å². The van der Waals surface area contributed by atoms with Crippen molar-refractivity contribution in [3.8, 4) is 0 Å². The first-order valence-corrected chi connectivity index (χ1v) is 6.73. The topological polar surface area (TPSA) is 41.9 Å². The molecule has 4 nitrogen and oxygen atoms in total. The van der Waals surface area contributed by atoms with Crippen LogP contribution in [0.15, 0.2) is 0 Å². The molecule has 0 fully saturated rings. The molecule has 0 aliphatic heterocycles. The SMILES string of the molecule is COCCN(CCC(O)C(C)(C)C)C(C)COC. The summed E-state index contributed by atoms with van der Waals surface area (Å²) in [5.74, 6) is 0. The molecule has 2 atom stereocenters. The molecule has 2 unspecified atom stereocenters. The molecule has 0 saturated carbocycles. The van der Waals surface area contributed by atoms with Crippen LogP contribution in [0.25, 0.3) is 0 Å². The standard InChI is InChI=1S/C14H31NO3/c1-12(11-18-6)15(9-10-17-5)8-7-13(16)14(2,3)4/h12-13,16H,7-11H2,1-6H3. The van der Waals surface area contributed by atoms with E-state index >= 15 is 0 Å². The van der Waals surface area contributed by atoms with Gasteiger partial charge in [-0.15, -0.1) is 0 Å². The molecule has 4 heteroatoms. The van der Waals surface area contributed by atoms with E-state index in [1.807, 2.05) is 0 Å². The summed E-state index contributed by atoms with van der Waals surface area (Å²) >= 11 is 0. The van der Waals surface area contributed by atoms with Gasteiger partial charge in [0.2, 0.25) is 0 Å². The lowest BCUT2D eigenvalue weighted by Crippen LogP contribution is -2.41. The normalized spacial score (nSPS) is 16.0. The zero-order valence-corrected chi connectivity index (χ0v) is 12.9. The molecule has 0 aliphatic carbocycles. The minimum absolute atomic E-state index is 0.0581. The molecule has 0 aromatic heterocycles. The van der Waals surface area contributed by atoms with Crippen LogP contribution in [0.2, 0.25) is 0 Å². The van der Waals surface area contributed by atoms with Crippen molar-refractivity contribution < 1.29 is 14.6 Å². The zero-order valence-electron chi connectivity index (χ0n) is 12.9. The molecule has 1 N–H and O–H groups in total. The largest absolute Gasteiger partial charge is 0.393 e. The van der Waals surface area contributed by atoms with E-state index in [1.54, 1.807) is 14.2 Å². The van der Waals surface area contributed by atoms with Crippen molar-refractivity contribution in [2.24, 2.45) is 5.41 Å². The van der Waals surface area contributed by atoms with Gasteiger partial charge in [0, 0.05) is 33.4 Å². The van der Waals surface area contributed by atoms with Crippen LogP contribution in [0.1, 0.15) is 34.1 Å². The highest BCUT2D eigenvalue weighted by atomic mass is 16.5. The third-order valence-corrected chi connectivity index (χ3v) is 3.30. The van der Waals surface area contributed by atoms with Gasteiger partial charge in [-0.2, -0.15) is 0 Å². The second-order valence-electron chi connectivity index (χ2n) is 6.00. The lowest BCUT2D eigenvalue weighted by molar-refractivity contribution is 0.0268. The maximum atomic E-state index is 10.1. The summed E-state index contributed by atoms with van der Waals surface area (Å²) in [7, 11) is 3.43. The quantitative estimate of drug-likeness (QED) is 0.687. The number of nitrogens with zero attached hydrogens (tertiary/aromatic N) is 1. The average Bonchev–Trinajstić information content (AvgIpc) is 2.27. The summed E-state index contributed by atoms with van der Waals surface area (Å²) in [5.41, 5.74) is -0.0581. The van der Waals surface area contributed by atoms with Crippen molar-refractivity contribution in [1.29, 1.82) is 0 Å². The highest BCUT2D eigenvalue weighted by molar-refractivity contribution is 4.76. The number of aliphatic hydroxyl groups excluding tert-OH is 1. The fraction of sp³-hybridized carbons (Fsp3) is 1.00. The van der Waals surface area contributed by atoms with E-state index in [4.69, 9.17) is 9.47 Å². The maximum absolute atomic E-state index is 10.1. The number of methoxy groups -OCH3 is 2. The van der Waals surface area contributed by atoms with Crippen molar-refractivity contribution in [3.05, 3.63) is 0 Å². The Morgan fingerprint density at radius 2 is 1.72 bits per heavy atom. The van der Waals surface area contributed by atoms with E-state index in [1.165, 1.54) is 0 Å². The van der Waals surface area contributed by atoms with Crippen molar-refractivity contribution in [2.45, 2.75) is 46.3 Å². The maximum Gasteiger partial charge on any atom is 0.0615 e. The smallest absolute Gasteiger partial charge is 0.0615 e. The van der Waals surface area contributed by atoms with Crippen molar-refractivity contribution in [1.82, 2.24) is 4.90 Å². The van der Waals surface area contributed by atoms with E-state index in [0.29, 0.717) is 19.3 Å². The van der Waals surface area contributed by atoms with Gasteiger partial charge in [0.05, 0.1) is 19.3 Å². The van der Waals surface area contributed by atoms with E-state index in [-0.39, 0.29) is 11.5 Å². The fourth-order valence-corrected chi connectivity index (χ4v) is 1.83. The van der Waals surface area contributed by atoms with Crippen molar-refractivity contribution >= 4 is 0 Å². The third kappa shape index (κ3) is 7.31. The molecular weight excluding hydrogens is 230 g/mol. The van der Waals surface area contributed by atoms with Gasteiger partial charge in [0.1, 0.15) is 0 Å². The second kappa shape index (κ2) is 8.86. The Balaban J connectivity index is 4.23. The third-order valence-electron chi connectivity index (χ3n) is 3.30. The van der Waals surface area contributed by atoms with Crippen molar-refractivity contribution in [3.63, 3.8) is 0 Å². The van der Waals surface area contributed by atoms with Crippen LogP contribution in [-0.2, 0) is 9.47 Å². The molecule has 0 saturated heterocycles. The first kappa shape index (κ1) is 17.8. The van der Waals surface area contributed by atoms with E-state index < -0.39 is 0 Å². The predicted octanol–water partition coefficient (Wildman–Crippen LogP) is 1.77. The van der Waals surface area contributed by atoms with E-state index in [2.05, 4.69) is 32.6 Å². The number of ether oxygens (including phenoxy) is 2. The predicted molar refractivity (Wildman–Crippen MR) is 74.9 cm³/mol. The molecule has 0 amide bonds. The number of hydrogen-bond acceptors (Lipinski definition) is 4. The van der Waals surface area contributed by atoms with Crippen LogP contribution in [0.5, 0.6) is 0 Å². The van der Waals surface area contributed by atoms with Gasteiger partial charge in [-0.05, 0) is 18.8 Å². The Bertz CT molecular complexity index is 204. The molecule has 0 bridgehead atoms. The minimum Gasteiger partial charge on any atom is -0.393 e. The van der Waals surface area contributed by atoms with Crippen LogP contribution >= 0.6 is 0 Å². The van der Waals surface area contributed by atoms with Crippen molar-refractivity contribution in [2.75, 3.05) is 40.5 Å². The summed E-state index contributed by atoms with van der Waals surface area (Å²) in [4.78, 5) is 2.31. The highest BCUT2D eigenvalue weighted by Crippen LogP contribution is 2.22. The van der Waals surface area contributed by atoms with Gasteiger partial charge in [0.25, 0.3) is 0 Å². The molecule has 0 aromatic rings. The molecule has 0 heterocycles. The Kier molecular flexibility index (Phi) is 8.78. The van der Waals surface area contributed by atoms with Crippen LogP contribution < -0.4 is 0 Å². The Hall–Kier alpha value is -0.160. The molecule has 0 aromatic carbocycles. The summed E-state index contributed by atoms with van der Waals surface area (Å²) in [5, 5.41) is 10.1. The summed E-state index contributed by atoms with van der Waals surface area (Å²) < 4.78 is 10.3. The molecule has 0 aliphatic rings. The second-order valence-corrected chi connectivity index (χ2v) is 6.00. The monoisotopic (exact) mass is 261 g/mol. The Morgan fingerprint density at radius 1 is 1.11 bits per heavy atom. The summed E-state index contributed by atoms with van der Waals surface area (Å²) in [6, 6.07) is 0.345. The Labute approximate surface area is 112 Å². The fourth-order valence-electron chi connectivity index (χ4n) is 1.83. The Morgan fingerprint density at radius 3 is 2.17 bits per heavy atom. The van der Waals surface area contributed by atoms with Crippen LogP contribution in [-0.4, -0.2) is 62.7 Å². The highest BCUT2D eigenvalue weighted by Gasteiger charge is 2.23. The van der Waals surface area contributed by atoms with Gasteiger partial charge < -0.3 is 14.6 Å². The number of rotatable bonds is 9. The van der Waals surface area contributed by atoms with Gasteiger partial charge in [-0.1, -0.05) is 20.8 Å². The molecule has 18 heavy (non-hydrogen) atoms. The number of hydrogen-bond donors (Lipinski definition) is 1. The minimum atomic E-state index is -0.280. The zero-order chi connectivity index (χ0) is 14.2. The lowest BCUT2D eigenvalue weighted by atomic mass is 9.87. The molecule has 0 radical (unpaired) electrons. The molecule has 0 spiro atoms. The molecule has 110 valence electrons. The van der Waals surface area contributed by atoms with E-state index in [0.717, 1.165) is 19.5 Å². The van der Waals surface area contributed by atoms with E-state index in [9.17, 15) is 5.11 Å². The van der Waals surface area contributed by atoms with Gasteiger partial charge >= 0.3 is 0 Å². The molecule has 0 rings (SSSR count). The number of aliphatic hydroxyl groups is 1. The molecular formula is C14H31NO3. The van der Waals surface area contributed by atoms with Crippen LogP contribution in [0.4, 0.5) is 0 Å². The first-order valence-electron chi connectivity index (χ1n) is 6.73. The lowest BCUT2D eigenvalue weighted by Gasteiger charge is -2.32.